The van der Waals surface area contributed by atoms with Gasteiger partial charge in [0, 0.05) is 6.61 Å². The van der Waals surface area contributed by atoms with Gasteiger partial charge in [0.2, 0.25) is 0 Å². The summed E-state index contributed by atoms with van der Waals surface area (Å²) >= 11 is 2.11. The van der Waals surface area contributed by atoms with E-state index in [1.54, 1.807) is 19.3 Å². The van der Waals surface area contributed by atoms with Crippen LogP contribution in [0.3, 0.4) is 0 Å². The zero-order chi connectivity index (χ0) is 11.0. The Hall–Kier alpha value is 0.310. The quantitative estimate of drug-likeness (QED) is 0.744. The van der Waals surface area contributed by atoms with Gasteiger partial charge in [-0.3, -0.25) is 0 Å². The molecule has 4 saturated carbocycles. The fourth-order valence-electron chi connectivity index (χ4n) is 4.92. The summed E-state index contributed by atoms with van der Waals surface area (Å²) in [6.07, 6.45) is 10.3. The highest BCUT2D eigenvalue weighted by Crippen LogP contribution is 2.60. The molecular weight excluding hydrogens is 216 g/mol. The van der Waals surface area contributed by atoms with Gasteiger partial charge in [-0.05, 0) is 79.6 Å². The molecule has 0 aromatic rings. The number of hydrogen-bond acceptors (Lipinski definition) is 2. The molecule has 2 heteroatoms. The number of hydrogen-bond donors (Lipinski definition) is 1. The molecule has 0 unspecified atom stereocenters. The molecule has 1 N–H and O–H groups in total. The minimum Gasteiger partial charge on any atom is -0.396 e. The molecule has 0 heterocycles. The van der Waals surface area contributed by atoms with Crippen molar-refractivity contribution in [1.29, 1.82) is 0 Å². The molecule has 0 spiro atoms. The van der Waals surface area contributed by atoms with E-state index in [9.17, 15) is 0 Å². The van der Waals surface area contributed by atoms with Crippen LogP contribution in [0.25, 0.3) is 0 Å². The predicted molar refractivity (Wildman–Crippen MR) is 69.6 cm³/mol. The van der Waals surface area contributed by atoms with Gasteiger partial charge in [-0.15, -0.1) is 0 Å². The lowest BCUT2D eigenvalue weighted by Gasteiger charge is -2.57. The summed E-state index contributed by atoms with van der Waals surface area (Å²) in [4.78, 5) is 0. The number of aliphatic hydroxyl groups is 1. The molecule has 0 aromatic heterocycles. The first kappa shape index (κ1) is 11.4. The van der Waals surface area contributed by atoms with Gasteiger partial charge in [0.25, 0.3) is 0 Å². The molecule has 0 radical (unpaired) electrons. The third kappa shape index (κ3) is 2.15. The van der Waals surface area contributed by atoms with Gasteiger partial charge in [-0.1, -0.05) is 0 Å². The Balaban J connectivity index is 1.56. The third-order valence-corrected chi connectivity index (χ3v) is 6.41. The van der Waals surface area contributed by atoms with Crippen molar-refractivity contribution < 1.29 is 5.11 Å². The second-order valence-electron chi connectivity index (χ2n) is 6.55. The summed E-state index contributed by atoms with van der Waals surface area (Å²) in [5.74, 6) is 5.81. The predicted octanol–water partition coefficient (Wildman–Crippen LogP) is 3.32. The van der Waals surface area contributed by atoms with Crippen LogP contribution in [-0.4, -0.2) is 23.2 Å². The zero-order valence-electron chi connectivity index (χ0n) is 10.2. The van der Waals surface area contributed by atoms with Crippen LogP contribution in [0.15, 0.2) is 0 Å². The van der Waals surface area contributed by atoms with Crippen LogP contribution in [0.4, 0.5) is 0 Å². The number of rotatable bonds is 5. The topological polar surface area (TPSA) is 20.2 Å². The molecule has 4 bridgehead atoms. The first-order valence-electron chi connectivity index (χ1n) is 6.98. The Kier molecular flexibility index (Phi) is 3.23. The smallest absolute Gasteiger partial charge is 0.0438 e. The monoisotopic (exact) mass is 240 g/mol. The lowest BCUT2D eigenvalue weighted by Crippen LogP contribution is -2.47. The molecule has 92 valence electrons. The summed E-state index contributed by atoms with van der Waals surface area (Å²) in [5, 5.41) is 8.81. The van der Waals surface area contributed by atoms with Crippen LogP contribution in [-0.2, 0) is 0 Å². The van der Waals surface area contributed by atoms with Crippen molar-refractivity contribution in [3.8, 4) is 0 Å². The van der Waals surface area contributed by atoms with E-state index in [0.29, 0.717) is 6.61 Å². The van der Waals surface area contributed by atoms with Crippen LogP contribution in [0.1, 0.15) is 44.9 Å². The maximum atomic E-state index is 8.81. The second-order valence-corrected chi connectivity index (χ2v) is 7.65. The van der Waals surface area contributed by atoms with Crippen LogP contribution in [0.2, 0.25) is 0 Å². The van der Waals surface area contributed by atoms with Crippen molar-refractivity contribution in [3.05, 3.63) is 0 Å². The molecule has 0 amide bonds. The first-order valence-corrected chi connectivity index (χ1v) is 8.14. The molecule has 4 aliphatic rings. The van der Waals surface area contributed by atoms with Gasteiger partial charge in [0.05, 0.1) is 0 Å². The maximum absolute atomic E-state index is 8.81. The Morgan fingerprint density at radius 2 is 1.56 bits per heavy atom. The van der Waals surface area contributed by atoms with Crippen LogP contribution >= 0.6 is 11.8 Å². The Morgan fingerprint density at radius 1 is 1.00 bits per heavy atom. The van der Waals surface area contributed by atoms with Crippen molar-refractivity contribution in [2.75, 3.05) is 18.1 Å². The van der Waals surface area contributed by atoms with Crippen molar-refractivity contribution in [2.24, 2.45) is 23.2 Å². The molecule has 0 atom stereocenters. The molecule has 16 heavy (non-hydrogen) atoms. The van der Waals surface area contributed by atoms with Gasteiger partial charge < -0.3 is 5.11 Å². The molecule has 0 aliphatic heterocycles. The molecular formula is C14H24OS. The van der Waals surface area contributed by atoms with Crippen molar-refractivity contribution in [1.82, 2.24) is 0 Å². The average Bonchev–Trinajstić information content (AvgIpc) is 2.22. The summed E-state index contributed by atoms with van der Waals surface area (Å²) < 4.78 is 0. The highest BCUT2D eigenvalue weighted by Gasteiger charge is 2.50. The van der Waals surface area contributed by atoms with Gasteiger partial charge in [0.1, 0.15) is 0 Å². The standard InChI is InChI=1S/C14H24OS/c15-2-1-3-16-10-14-7-11-4-12(8-14)6-13(5-11)9-14/h11-13,15H,1-10H2. The molecule has 4 aliphatic carbocycles. The minimum atomic E-state index is 0.369. The maximum Gasteiger partial charge on any atom is 0.0438 e. The van der Waals surface area contributed by atoms with E-state index in [1.807, 2.05) is 0 Å². The fraction of sp³-hybridized carbons (Fsp3) is 1.00. The fourth-order valence-corrected chi connectivity index (χ4v) is 6.19. The summed E-state index contributed by atoms with van der Waals surface area (Å²) in [6.45, 7) is 0.369. The SMILES string of the molecule is OCCCSCC12CC3CC(CC(C3)C1)C2. The molecule has 1 nitrogen and oxygen atoms in total. The zero-order valence-corrected chi connectivity index (χ0v) is 11.0. The van der Waals surface area contributed by atoms with E-state index in [2.05, 4.69) is 11.8 Å². The van der Waals surface area contributed by atoms with E-state index in [0.717, 1.165) is 35.3 Å². The highest BCUT2D eigenvalue weighted by molar-refractivity contribution is 7.99. The average molecular weight is 240 g/mol. The first-order chi connectivity index (χ1) is 7.80. The van der Waals surface area contributed by atoms with Crippen LogP contribution < -0.4 is 0 Å². The summed E-state index contributed by atoms with van der Waals surface area (Å²) in [6, 6.07) is 0. The van der Waals surface area contributed by atoms with Crippen LogP contribution in [0.5, 0.6) is 0 Å². The molecule has 0 saturated heterocycles. The second kappa shape index (κ2) is 4.53. The van der Waals surface area contributed by atoms with Crippen molar-refractivity contribution >= 4 is 11.8 Å². The highest BCUT2D eigenvalue weighted by atomic mass is 32.2. The summed E-state index contributed by atoms with van der Waals surface area (Å²) in [7, 11) is 0. The number of thioether (sulfide) groups is 1. The Labute approximate surface area is 103 Å². The van der Waals surface area contributed by atoms with E-state index in [-0.39, 0.29) is 0 Å². The van der Waals surface area contributed by atoms with Gasteiger partial charge in [-0.2, -0.15) is 11.8 Å². The Bertz CT molecular complexity index is 216. The minimum absolute atomic E-state index is 0.369. The largest absolute Gasteiger partial charge is 0.396 e. The van der Waals surface area contributed by atoms with Gasteiger partial charge in [-0.25, -0.2) is 0 Å². The molecule has 0 aromatic carbocycles. The summed E-state index contributed by atoms with van der Waals surface area (Å²) in [5.41, 5.74) is 0.731. The lowest BCUT2D eigenvalue weighted by atomic mass is 9.50. The van der Waals surface area contributed by atoms with E-state index >= 15 is 0 Å². The van der Waals surface area contributed by atoms with Gasteiger partial charge in [0.15, 0.2) is 0 Å². The third-order valence-electron chi connectivity index (χ3n) is 5.02. The molecule has 4 fully saturated rings. The number of aliphatic hydroxyl groups excluding tert-OH is 1. The normalized spacial score (nSPS) is 45.2. The Morgan fingerprint density at radius 3 is 2.06 bits per heavy atom. The van der Waals surface area contributed by atoms with Crippen molar-refractivity contribution in [2.45, 2.75) is 44.9 Å². The lowest BCUT2D eigenvalue weighted by molar-refractivity contribution is -0.0381. The van der Waals surface area contributed by atoms with Gasteiger partial charge >= 0.3 is 0 Å². The van der Waals surface area contributed by atoms with Crippen molar-refractivity contribution in [3.63, 3.8) is 0 Å². The van der Waals surface area contributed by atoms with E-state index < -0.39 is 0 Å². The van der Waals surface area contributed by atoms with E-state index in [1.165, 1.54) is 25.0 Å². The van der Waals surface area contributed by atoms with E-state index in [4.69, 9.17) is 5.11 Å². The van der Waals surface area contributed by atoms with Crippen LogP contribution in [0, 0.1) is 23.2 Å². The molecule has 4 rings (SSSR count).